The highest BCUT2D eigenvalue weighted by atomic mass is 16.6. The topological polar surface area (TPSA) is 43.2 Å². The molecule has 1 unspecified atom stereocenters. The van der Waals surface area contributed by atoms with E-state index >= 15 is 0 Å². The Balaban J connectivity index is 1.41. The van der Waals surface area contributed by atoms with Crippen molar-refractivity contribution in [2.45, 2.75) is 39.2 Å². The maximum absolute atomic E-state index is 11.4. The van der Waals surface area contributed by atoms with E-state index in [9.17, 15) is 5.21 Å². The van der Waals surface area contributed by atoms with E-state index in [4.69, 9.17) is 4.74 Å². The van der Waals surface area contributed by atoms with Crippen LogP contribution in [0, 0.1) is 5.21 Å². The van der Waals surface area contributed by atoms with E-state index in [-0.39, 0.29) is 11.8 Å². The first-order valence-electron chi connectivity index (χ1n) is 9.45. The molecule has 1 fully saturated rings. The molecule has 5 nitrogen and oxygen atoms in total. The van der Waals surface area contributed by atoms with E-state index in [1.54, 1.807) is 0 Å². The van der Waals surface area contributed by atoms with Crippen molar-refractivity contribution in [3.8, 4) is 5.75 Å². The van der Waals surface area contributed by atoms with Gasteiger partial charge in [-0.1, -0.05) is 25.8 Å². The van der Waals surface area contributed by atoms with Gasteiger partial charge < -0.3 is 24.8 Å². The standard InChI is InChI=1S/C19H31N3O2/c1-2-3-4-8-20-10-12-21(13-11-20)9-7-17-5-6-18-15-22(23)16-24-19(18)14-17/h5-6,14,22H,2-4,7-13,15-16H2,1H3. The minimum atomic E-state index is 0.173. The van der Waals surface area contributed by atoms with Crippen molar-refractivity contribution < 1.29 is 9.80 Å². The Hall–Kier alpha value is -1.14. The summed E-state index contributed by atoms with van der Waals surface area (Å²) in [7, 11) is 0. The maximum atomic E-state index is 11.4. The molecule has 0 spiro atoms. The van der Waals surface area contributed by atoms with Gasteiger partial charge in [0.15, 0.2) is 0 Å². The van der Waals surface area contributed by atoms with Crippen molar-refractivity contribution in [2.24, 2.45) is 0 Å². The Bertz CT molecular complexity index is 515. The SMILES string of the molecule is CCCCCN1CCN(CCc2ccc3c(c2)OC[NH+]([O-])C3)CC1. The van der Waals surface area contributed by atoms with Crippen LogP contribution in [0.15, 0.2) is 18.2 Å². The number of benzene rings is 1. The van der Waals surface area contributed by atoms with Crippen LogP contribution in [0.2, 0.25) is 0 Å². The molecule has 1 aromatic rings. The number of quaternary nitrogens is 1. The molecule has 24 heavy (non-hydrogen) atoms. The van der Waals surface area contributed by atoms with Gasteiger partial charge in [0.05, 0.1) is 0 Å². The van der Waals surface area contributed by atoms with E-state index in [1.165, 1.54) is 57.5 Å². The molecule has 1 saturated heterocycles. The quantitative estimate of drug-likeness (QED) is 0.603. The average molecular weight is 333 g/mol. The van der Waals surface area contributed by atoms with Crippen molar-refractivity contribution >= 4 is 0 Å². The van der Waals surface area contributed by atoms with Gasteiger partial charge in [0, 0.05) is 38.3 Å². The normalized spacial score (nSPS) is 22.2. The van der Waals surface area contributed by atoms with Crippen LogP contribution in [-0.2, 0) is 13.0 Å². The van der Waals surface area contributed by atoms with Gasteiger partial charge in [0.2, 0.25) is 6.73 Å². The number of ether oxygens (including phenoxy) is 1. The van der Waals surface area contributed by atoms with Gasteiger partial charge >= 0.3 is 0 Å². The number of fused-ring (bicyclic) bond motifs is 1. The molecule has 1 N–H and O–H groups in total. The Morgan fingerprint density at radius 2 is 1.83 bits per heavy atom. The van der Waals surface area contributed by atoms with Crippen molar-refractivity contribution in [2.75, 3.05) is 46.0 Å². The molecular formula is C19H31N3O2. The lowest BCUT2D eigenvalue weighted by Gasteiger charge is -2.34. The number of hydrogen-bond donors (Lipinski definition) is 1. The highest BCUT2D eigenvalue weighted by Crippen LogP contribution is 2.22. The van der Waals surface area contributed by atoms with Gasteiger partial charge in [-0.15, -0.1) is 0 Å². The fraction of sp³-hybridized carbons (Fsp3) is 0.684. The van der Waals surface area contributed by atoms with Gasteiger partial charge in [-0.3, -0.25) is 0 Å². The van der Waals surface area contributed by atoms with Crippen molar-refractivity contribution in [1.29, 1.82) is 0 Å². The maximum Gasteiger partial charge on any atom is 0.222 e. The zero-order valence-electron chi connectivity index (χ0n) is 14.9. The third-order valence-electron chi connectivity index (χ3n) is 5.17. The predicted octanol–water partition coefficient (Wildman–Crippen LogP) is 1.27. The lowest BCUT2D eigenvalue weighted by Crippen LogP contribution is -3.07. The molecule has 0 radical (unpaired) electrons. The molecule has 0 saturated carbocycles. The van der Waals surface area contributed by atoms with Crippen LogP contribution < -0.4 is 9.80 Å². The second kappa shape index (κ2) is 8.81. The van der Waals surface area contributed by atoms with E-state index < -0.39 is 0 Å². The molecule has 0 aromatic heterocycles. The van der Waals surface area contributed by atoms with E-state index in [0.29, 0.717) is 6.54 Å². The van der Waals surface area contributed by atoms with Crippen LogP contribution in [0.25, 0.3) is 0 Å². The summed E-state index contributed by atoms with van der Waals surface area (Å²) in [6.07, 6.45) is 5.05. The van der Waals surface area contributed by atoms with E-state index in [2.05, 4.69) is 34.9 Å². The monoisotopic (exact) mass is 333 g/mol. The van der Waals surface area contributed by atoms with E-state index in [0.717, 1.165) is 24.3 Å². The highest BCUT2D eigenvalue weighted by Gasteiger charge is 2.18. The number of nitrogens with one attached hydrogen (secondary N) is 1. The molecular weight excluding hydrogens is 302 g/mol. The zero-order valence-corrected chi connectivity index (χ0v) is 14.9. The van der Waals surface area contributed by atoms with Crippen LogP contribution in [0.3, 0.4) is 0 Å². The number of rotatable bonds is 7. The van der Waals surface area contributed by atoms with Crippen LogP contribution in [0.4, 0.5) is 0 Å². The van der Waals surface area contributed by atoms with Gasteiger partial charge in [0.1, 0.15) is 12.3 Å². The minimum absolute atomic E-state index is 0.173. The number of hydroxylamine groups is 2. The Labute approximate surface area is 145 Å². The summed E-state index contributed by atoms with van der Waals surface area (Å²) in [4.78, 5) is 5.18. The number of piperazine rings is 1. The molecule has 1 aromatic carbocycles. The number of unbranched alkanes of at least 4 members (excludes halogenated alkanes) is 2. The molecule has 2 aliphatic heterocycles. The average Bonchev–Trinajstić information content (AvgIpc) is 2.61. The van der Waals surface area contributed by atoms with Crippen LogP contribution in [-0.4, -0.2) is 55.8 Å². The smallest absolute Gasteiger partial charge is 0.222 e. The summed E-state index contributed by atoms with van der Waals surface area (Å²) in [5.41, 5.74) is 2.35. The molecule has 0 bridgehead atoms. The Morgan fingerprint density at radius 1 is 1.08 bits per heavy atom. The third-order valence-corrected chi connectivity index (χ3v) is 5.17. The lowest BCUT2D eigenvalue weighted by molar-refractivity contribution is -0.883. The molecule has 2 heterocycles. The van der Waals surface area contributed by atoms with Gasteiger partial charge in [-0.25, -0.2) is 0 Å². The van der Waals surface area contributed by atoms with Crippen LogP contribution in [0.5, 0.6) is 5.75 Å². The molecule has 3 rings (SSSR count). The predicted molar refractivity (Wildman–Crippen MR) is 96.1 cm³/mol. The van der Waals surface area contributed by atoms with Gasteiger partial charge in [-0.05, 0) is 37.1 Å². The van der Waals surface area contributed by atoms with Crippen LogP contribution >= 0.6 is 0 Å². The summed E-state index contributed by atoms with van der Waals surface area (Å²) >= 11 is 0. The fourth-order valence-electron chi connectivity index (χ4n) is 3.57. The Morgan fingerprint density at radius 3 is 2.58 bits per heavy atom. The largest absolute Gasteiger partial charge is 0.632 e. The van der Waals surface area contributed by atoms with Crippen molar-refractivity contribution in [1.82, 2.24) is 9.80 Å². The molecule has 1 atom stereocenters. The summed E-state index contributed by atoms with van der Waals surface area (Å²) in [5.74, 6) is 0.910. The van der Waals surface area contributed by atoms with Crippen molar-refractivity contribution in [3.05, 3.63) is 34.5 Å². The second-order valence-corrected chi connectivity index (χ2v) is 7.09. The zero-order chi connectivity index (χ0) is 16.8. The van der Waals surface area contributed by atoms with Crippen LogP contribution in [0.1, 0.15) is 37.3 Å². The summed E-state index contributed by atoms with van der Waals surface area (Å²) < 4.78 is 5.56. The lowest BCUT2D eigenvalue weighted by atomic mass is 10.1. The van der Waals surface area contributed by atoms with Gasteiger partial charge in [0.25, 0.3) is 0 Å². The first-order chi connectivity index (χ1) is 11.7. The summed E-state index contributed by atoms with van der Waals surface area (Å²) in [6, 6.07) is 6.35. The number of nitrogens with zero attached hydrogens (tertiary/aromatic N) is 2. The van der Waals surface area contributed by atoms with Gasteiger partial charge in [-0.2, -0.15) is 0 Å². The molecule has 0 amide bonds. The first kappa shape index (κ1) is 17.7. The number of hydrogen-bond acceptors (Lipinski definition) is 4. The molecule has 134 valence electrons. The second-order valence-electron chi connectivity index (χ2n) is 7.09. The summed E-state index contributed by atoms with van der Waals surface area (Å²) in [6.45, 7) is 10.2. The highest BCUT2D eigenvalue weighted by molar-refractivity contribution is 5.37. The molecule has 5 heteroatoms. The first-order valence-corrected chi connectivity index (χ1v) is 9.45. The van der Waals surface area contributed by atoms with E-state index in [1.807, 2.05) is 0 Å². The minimum Gasteiger partial charge on any atom is -0.632 e. The molecule has 0 aliphatic carbocycles. The Kier molecular flexibility index (Phi) is 6.49. The van der Waals surface area contributed by atoms with Crippen molar-refractivity contribution in [3.63, 3.8) is 0 Å². The molecule has 2 aliphatic rings. The fourth-order valence-corrected chi connectivity index (χ4v) is 3.57. The third kappa shape index (κ3) is 4.93. The summed E-state index contributed by atoms with van der Waals surface area (Å²) in [5, 5.41) is 11.6.